The van der Waals surface area contributed by atoms with Gasteiger partial charge in [0, 0.05) is 18.3 Å². The number of aliphatic carboxylic acids is 2. The summed E-state index contributed by atoms with van der Waals surface area (Å²) < 4.78 is 10.6. The van der Waals surface area contributed by atoms with Gasteiger partial charge in [-0.1, -0.05) is 32.4 Å². The molecule has 1 aliphatic rings. The molecule has 1 saturated carbocycles. The van der Waals surface area contributed by atoms with Crippen molar-refractivity contribution in [3.63, 3.8) is 0 Å². The Balaban J connectivity index is 0.000000470. The van der Waals surface area contributed by atoms with Gasteiger partial charge in [-0.3, -0.25) is 9.59 Å². The van der Waals surface area contributed by atoms with Gasteiger partial charge >= 0.3 is 11.9 Å². The van der Waals surface area contributed by atoms with E-state index in [9.17, 15) is 9.59 Å². The fraction of sp³-hybridized carbons (Fsp3) is 0.667. The molecule has 0 aliphatic heterocycles. The van der Waals surface area contributed by atoms with Crippen LogP contribution in [0.5, 0.6) is 0 Å². The lowest BCUT2D eigenvalue weighted by molar-refractivity contribution is -0.139. The Bertz CT molecular complexity index is 355. The topological polar surface area (TPSA) is 93.1 Å². The number of carboxylic acid groups (broad SMARTS) is 2. The summed E-state index contributed by atoms with van der Waals surface area (Å²) in [5.41, 5.74) is 0.195. The fourth-order valence-corrected chi connectivity index (χ4v) is 2.66. The Morgan fingerprint density at radius 1 is 0.875 bits per heavy atom. The van der Waals surface area contributed by atoms with Crippen LogP contribution in [-0.2, 0) is 19.1 Å². The van der Waals surface area contributed by atoms with Crippen LogP contribution in [0.4, 0.5) is 0 Å². The third-order valence-electron chi connectivity index (χ3n) is 3.96. The van der Waals surface area contributed by atoms with Crippen LogP contribution in [0, 0.1) is 5.41 Å². The van der Waals surface area contributed by atoms with Crippen molar-refractivity contribution in [2.45, 2.75) is 57.8 Å². The van der Waals surface area contributed by atoms with Crippen molar-refractivity contribution in [2.75, 3.05) is 13.2 Å². The first-order valence-corrected chi connectivity index (χ1v) is 8.34. The van der Waals surface area contributed by atoms with Crippen LogP contribution in [0.1, 0.15) is 57.8 Å². The second-order valence-corrected chi connectivity index (χ2v) is 6.01. The van der Waals surface area contributed by atoms with Crippen molar-refractivity contribution >= 4 is 11.9 Å². The molecule has 1 rings (SSSR count). The molecule has 0 bridgehead atoms. The molecule has 138 valence electrons. The maximum absolute atomic E-state index is 9.90. The summed E-state index contributed by atoms with van der Waals surface area (Å²) in [7, 11) is 0. The largest absolute Gasteiger partial charge is 0.501 e. The molecule has 0 heterocycles. The van der Waals surface area contributed by atoms with Crippen molar-refractivity contribution in [1.82, 2.24) is 0 Å². The zero-order valence-corrected chi connectivity index (χ0v) is 14.4. The highest BCUT2D eigenvalue weighted by Crippen LogP contribution is 2.36. The van der Waals surface area contributed by atoms with Gasteiger partial charge in [0.05, 0.1) is 25.7 Å². The van der Waals surface area contributed by atoms with Crippen LogP contribution in [0.15, 0.2) is 25.7 Å². The van der Waals surface area contributed by atoms with Crippen LogP contribution in [0.3, 0.4) is 0 Å². The van der Waals surface area contributed by atoms with Gasteiger partial charge in [-0.2, -0.15) is 0 Å². The number of hydrogen-bond acceptors (Lipinski definition) is 4. The van der Waals surface area contributed by atoms with Crippen molar-refractivity contribution < 1.29 is 29.3 Å². The minimum Gasteiger partial charge on any atom is -0.501 e. The average Bonchev–Trinajstić information content (AvgIpc) is 2.56. The van der Waals surface area contributed by atoms with Crippen LogP contribution in [-0.4, -0.2) is 35.4 Å². The lowest BCUT2D eigenvalue weighted by atomic mass is 9.75. The molecule has 0 unspecified atom stereocenters. The van der Waals surface area contributed by atoms with Crippen molar-refractivity contribution in [1.29, 1.82) is 0 Å². The van der Waals surface area contributed by atoms with E-state index in [-0.39, 0.29) is 18.3 Å². The Kier molecular flexibility index (Phi) is 12.3. The molecule has 6 heteroatoms. The van der Waals surface area contributed by atoms with E-state index in [2.05, 4.69) is 13.2 Å². The molecule has 6 nitrogen and oxygen atoms in total. The standard InChI is InChI=1S/C12H20O2.C6H10O4/c1-3-13-10-12(11-14-4-2)8-6-5-7-9-12;7-5(8)3-1-2-4-6(9)10/h3-4H,1-2,5-11H2;1-4H2,(H,7,8)(H,9,10). The summed E-state index contributed by atoms with van der Waals surface area (Å²) in [5.74, 6) is -1.74. The number of unbranched alkanes of at least 4 members (excludes halogenated alkanes) is 1. The lowest BCUT2D eigenvalue weighted by Gasteiger charge is -2.35. The first-order valence-electron chi connectivity index (χ1n) is 8.34. The maximum atomic E-state index is 9.90. The van der Waals surface area contributed by atoms with Crippen LogP contribution in [0.25, 0.3) is 0 Å². The smallest absolute Gasteiger partial charge is 0.303 e. The van der Waals surface area contributed by atoms with E-state index in [0.29, 0.717) is 12.8 Å². The summed E-state index contributed by atoms with van der Waals surface area (Å²) in [4.78, 5) is 19.8. The van der Waals surface area contributed by atoms with Crippen LogP contribution < -0.4 is 0 Å². The number of hydrogen-bond donors (Lipinski definition) is 2. The molecule has 0 atom stereocenters. The normalized spacial score (nSPS) is 15.3. The highest BCUT2D eigenvalue weighted by molar-refractivity contribution is 5.67. The van der Waals surface area contributed by atoms with E-state index < -0.39 is 11.9 Å². The second kappa shape index (κ2) is 13.5. The quantitative estimate of drug-likeness (QED) is 0.436. The molecule has 24 heavy (non-hydrogen) atoms. The molecule has 0 spiro atoms. The highest BCUT2D eigenvalue weighted by Gasteiger charge is 2.33. The third kappa shape index (κ3) is 11.6. The Morgan fingerprint density at radius 2 is 1.29 bits per heavy atom. The Labute approximate surface area is 144 Å². The summed E-state index contributed by atoms with van der Waals surface area (Å²) in [6.45, 7) is 8.60. The minimum absolute atomic E-state index is 0.0628. The molecule has 1 aliphatic carbocycles. The Morgan fingerprint density at radius 3 is 1.62 bits per heavy atom. The van der Waals surface area contributed by atoms with Crippen molar-refractivity contribution in [3.05, 3.63) is 25.7 Å². The van der Waals surface area contributed by atoms with Crippen molar-refractivity contribution in [2.24, 2.45) is 5.41 Å². The van der Waals surface area contributed by atoms with E-state index >= 15 is 0 Å². The second-order valence-electron chi connectivity index (χ2n) is 6.01. The molecule has 0 aromatic rings. The predicted molar refractivity (Wildman–Crippen MR) is 91.6 cm³/mol. The van der Waals surface area contributed by atoms with Crippen LogP contribution in [0.2, 0.25) is 0 Å². The first kappa shape index (κ1) is 22.0. The van der Waals surface area contributed by atoms with E-state index in [0.717, 1.165) is 13.2 Å². The summed E-state index contributed by atoms with van der Waals surface area (Å²) >= 11 is 0. The third-order valence-corrected chi connectivity index (χ3v) is 3.96. The Hall–Kier alpha value is -1.98. The number of carboxylic acids is 2. The van der Waals surface area contributed by atoms with Crippen molar-refractivity contribution in [3.8, 4) is 0 Å². The molecular weight excluding hydrogens is 312 g/mol. The van der Waals surface area contributed by atoms with Gasteiger partial charge in [0.1, 0.15) is 0 Å². The monoisotopic (exact) mass is 342 g/mol. The van der Waals surface area contributed by atoms with Gasteiger partial charge in [0.2, 0.25) is 0 Å². The minimum atomic E-state index is -0.870. The molecule has 0 aromatic heterocycles. The molecule has 0 radical (unpaired) electrons. The van der Waals surface area contributed by atoms with Crippen LogP contribution >= 0.6 is 0 Å². The van der Waals surface area contributed by atoms with E-state index in [1.54, 1.807) is 0 Å². The van der Waals surface area contributed by atoms with Gasteiger partial charge in [-0.05, 0) is 25.7 Å². The molecule has 2 N–H and O–H groups in total. The predicted octanol–water partition coefficient (Wildman–Crippen LogP) is 3.97. The van der Waals surface area contributed by atoms with E-state index in [4.69, 9.17) is 19.7 Å². The van der Waals surface area contributed by atoms with E-state index in [1.165, 1.54) is 44.6 Å². The van der Waals surface area contributed by atoms with Gasteiger partial charge in [0.15, 0.2) is 0 Å². The zero-order valence-electron chi connectivity index (χ0n) is 14.4. The summed E-state index contributed by atoms with van der Waals surface area (Å²) in [6.07, 6.45) is 10.3. The number of rotatable bonds is 11. The fourth-order valence-electron chi connectivity index (χ4n) is 2.66. The van der Waals surface area contributed by atoms with Gasteiger partial charge in [0.25, 0.3) is 0 Å². The SMILES string of the molecule is C=COCC1(COC=C)CCCCC1.O=C(O)CCCCC(=O)O. The summed E-state index contributed by atoms with van der Waals surface area (Å²) in [6, 6.07) is 0. The summed E-state index contributed by atoms with van der Waals surface area (Å²) in [5, 5.41) is 16.3. The molecular formula is C18H30O6. The zero-order chi connectivity index (χ0) is 18.3. The molecule has 1 fully saturated rings. The average molecular weight is 342 g/mol. The highest BCUT2D eigenvalue weighted by atomic mass is 16.5. The van der Waals surface area contributed by atoms with Gasteiger partial charge < -0.3 is 19.7 Å². The van der Waals surface area contributed by atoms with Gasteiger partial charge in [-0.25, -0.2) is 0 Å². The maximum Gasteiger partial charge on any atom is 0.303 e. The molecule has 0 amide bonds. The lowest BCUT2D eigenvalue weighted by Crippen LogP contribution is -2.33. The molecule has 0 aromatic carbocycles. The van der Waals surface area contributed by atoms with Gasteiger partial charge in [-0.15, -0.1) is 0 Å². The number of ether oxygens (including phenoxy) is 2. The van der Waals surface area contributed by atoms with E-state index in [1.807, 2.05) is 0 Å². The first-order chi connectivity index (χ1) is 11.5. The molecule has 0 saturated heterocycles. The number of carbonyl (C=O) groups is 2.